The van der Waals surface area contributed by atoms with Crippen molar-refractivity contribution in [3.05, 3.63) is 0 Å². The van der Waals surface area contributed by atoms with Crippen molar-refractivity contribution in [2.75, 3.05) is 13.2 Å². The third-order valence-electron chi connectivity index (χ3n) is 2.00. The first-order chi connectivity index (χ1) is 4.74. The van der Waals surface area contributed by atoms with Gasteiger partial charge in [0.25, 0.3) is 0 Å². The lowest BCUT2D eigenvalue weighted by Gasteiger charge is -2.30. The van der Waals surface area contributed by atoms with Gasteiger partial charge in [-0.05, 0) is 12.3 Å². The van der Waals surface area contributed by atoms with Crippen molar-refractivity contribution < 1.29 is 14.9 Å². The summed E-state index contributed by atoms with van der Waals surface area (Å²) in [4.78, 5) is 0. The Balaban J connectivity index is 2.33. The summed E-state index contributed by atoms with van der Waals surface area (Å²) in [6, 6.07) is 0. The Labute approximate surface area is 60.6 Å². The van der Waals surface area contributed by atoms with Gasteiger partial charge in [-0.1, -0.05) is 6.92 Å². The van der Waals surface area contributed by atoms with Crippen LogP contribution < -0.4 is 0 Å². The van der Waals surface area contributed by atoms with Gasteiger partial charge in [0.15, 0.2) is 0 Å². The number of rotatable bonds is 1. The fraction of sp³-hybridized carbons (Fsp3) is 1.00. The number of hydrogen-bond acceptors (Lipinski definition) is 3. The Kier molecular flexibility index (Phi) is 2.65. The molecule has 1 aliphatic heterocycles. The Morgan fingerprint density at radius 2 is 2.30 bits per heavy atom. The molecule has 0 bridgehead atoms. The molecule has 60 valence electrons. The second-order valence-electron chi connectivity index (χ2n) is 2.92. The van der Waals surface area contributed by atoms with Gasteiger partial charge in [0.05, 0.1) is 25.4 Å². The zero-order valence-corrected chi connectivity index (χ0v) is 6.16. The molecular formula is C7H14O3. The van der Waals surface area contributed by atoms with E-state index in [1.165, 1.54) is 0 Å². The van der Waals surface area contributed by atoms with E-state index in [1.54, 1.807) is 0 Å². The van der Waals surface area contributed by atoms with Crippen LogP contribution in [0.25, 0.3) is 0 Å². The zero-order chi connectivity index (χ0) is 7.56. The monoisotopic (exact) mass is 146 g/mol. The average molecular weight is 146 g/mol. The number of aliphatic hydroxyl groups is 2. The van der Waals surface area contributed by atoms with E-state index in [9.17, 15) is 5.11 Å². The Bertz CT molecular complexity index is 105. The van der Waals surface area contributed by atoms with E-state index in [0.717, 1.165) is 6.42 Å². The smallest absolute Gasteiger partial charge is 0.0810 e. The Hall–Kier alpha value is -0.120. The summed E-state index contributed by atoms with van der Waals surface area (Å²) in [6.45, 7) is 2.40. The first-order valence-corrected chi connectivity index (χ1v) is 3.64. The average Bonchev–Trinajstić information content (AvgIpc) is 1.95. The van der Waals surface area contributed by atoms with Crippen LogP contribution in [0, 0.1) is 5.92 Å². The van der Waals surface area contributed by atoms with E-state index in [4.69, 9.17) is 9.84 Å². The third-order valence-corrected chi connectivity index (χ3v) is 2.00. The van der Waals surface area contributed by atoms with E-state index < -0.39 is 0 Å². The molecule has 0 spiro atoms. The van der Waals surface area contributed by atoms with Gasteiger partial charge in [0.2, 0.25) is 0 Å². The molecule has 1 aliphatic rings. The second kappa shape index (κ2) is 3.32. The molecule has 0 saturated carbocycles. The molecule has 3 nitrogen and oxygen atoms in total. The van der Waals surface area contributed by atoms with Crippen LogP contribution in [0.1, 0.15) is 13.3 Å². The van der Waals surface area contributed by atoms with Gasteiger partial charge >= 0.3 is 0 Å². The fourth-order valence-corrected chi connectivity index (χ4v) is 1.17. The highest BCUT2D eigenvalue weighted by molar-refractivity contribution is 4.74. The lowest BCUT2D eigenvalue weighted by atomic mass is 9.95. The molecule has 1 saturated heterocycles. The van der Waals surface area contributed by atoms with Gasteiger partial charge < -0.3 is 14.9 Å². The molecule has 0 aliphatic carbocycles. The van der Waals surface area contributed by atoms with Gasteiger partial charge in [-0.15, -0.1) is 0 Å². The molecule has 3 heteroatoms. The van der Waals surface area contributed by atoms with Crippen molar-refractivity contribution in [2.45, 2.75) is 25.6 Å². The molecule has 1 fully saturated rings. The SMILES string of the molecule is C[C@@H]1CC(CO)OCC1O. The van der Waals surface area contributed by atoms with E-state index >= 15 is 0 Å². The largest absolute Gasteiger partial charge is 0.394 e. The van der Waals surface area contributed by atoms with E-state index in [1.807, 2.05) is 6.92 Å². The van der Waals surface area contributed by atoms with Crippen LogP contribution in [0.5, 0.6) is 0 Å². The molecule has 0 aromatic carbocycles. The summed E-state index contributed by atoms with van der Waals surface area (Å²) >= 11 is 0. The minimum atomic E-state index is -0.345. The number of hydrogen-bond donors (Lipinski definition) is 2. The van der Waals surface area contributed by atoms with Crippen LogP contribution in [0.15, 0.2) is 0 Å². The van der Waals surface area contributed by atoms with Crippen molar-refractivity contribution in [3.8, 4) is 0 Å². The minimum absolute atomic E-state index is 0.0570. The van der Waals surface area contributed by atoms with Gasteiger partial charge in [0.1, 0.15) is 0 Å². The standard InChI is InChI=1S/C7H14O3/c1-5-2-6(3-8)10-4-7(5)9/h5-9H,2-4H2,1H3/t5-,6?,7?/m1/s1. The maximum absolute atomic E-state index is 9.18. The molecular weight excluding hydrogens is 132 g/mol. The zero-order valence-electron chi connectivity index (χ0n) is 6.16. The lowest BCUT2D eigenvalue weighted by Crippen LogP contribution is -2.37. The van der Waals surface area contributed by atoms with Crippen LogP contribution in [-0.2, 0) is 4.74 Å². The molecule has 0 radical (unpaired) electrons. The maximum atomic E-state index is 9.18. The minimum Gasteiger partial charge on any atom is -0.394 e. The van der Waals surface area contributed by atoms with Gasteiger partial charge in [-0.25, -0.2) is 0 Å². The Morgan fingerprint density at radius 3 is 2.80 bits per heavy atom. The summed E-state index contributed by atoms with van der Waals surface area (Å²) in [7, 11) is 0. The lowest BCUT2D eigenvalue weighted by molar-refractivity contribution is -0.0984. The molecule has 0 amide bonds. The van der Waals surface area contributed by atoms with Crippen LogP contribution in [0.4, 0.5) is 0 Å². The molecule has 3 atom stereocenters. The molecule has 2 N–H and O–H groups in total. The molecule has 1 heterocycles. The summed E-state index contributed by atoms with van der Waals surface area (Å²) in [5.74, 6) is 0.255. The summed E-state index contributed by atoms with van der Waals surface area (Å²) in [6.07, 6.45) is 0.360. The van der Waals surface area contributed by atoms with E-state index in [-0.39, 0.29) is 24.7 Å². The predicted molar refractivity (Wildman–Crippen MR) is 36.6 cm³/mol. The summed E-state index contributed by atoms with van der Waals surface area (Å²) < 4.78 is 5.11. The van der Waals surface area contributed by atoms with Crippen molar-refractivity contribution in [1.82, 2.24) is 0 Å². The molecule has 0 aromatic rings. The fourth-order valence-electron chi connectivity index (χ4n) is 1.17. The second-order valence-corrected chi connectivity index (χ2v) is 2.92. The molecule has 0 aromatic heterocycles. The van der Waals surface area contributed by atoms with Gasteiger partial charge in [-0.2, -0.15) is 0 Å². The van der Waals surface area contributed by atoms with Crippen molar-refractivity contribution in [2.24, 2.45) is 5.92 Å². The van der Waals surface area contributed by atoms with E-state index in [2.05, 4.69) is 0 Å². The topological polar surface area (TPSA) is 49.7 Å². The van der Waals surface area contributed by atoms with Crippen molar-refractivity contribution in [1.29, 1.82) is 0 Å². The van der Waals surface area contributed by atoms with Crippen molar-refractivity contribution in [3.63, 3.8) is 0 Å². The normalized spacial score (nSPS) is 41.7. The summed E-state index contributed by atoms with van der Waals surface area (Å²) in [5, 5.41) is 17.9. The number of aliphatic hydroxyl groups excluding tert-OH is 2. The number of ether oxygens (including phenoxy) is 1. The van der Waals surface area contributed by atoms with Gasteiger partial charge in [0, 0.05) is 0 Å². The van der Waals surface area contributed by atoms with Crippen LogP contribution in [0.2, 0.25) is 0 Å². The third kappa shape index (κ3) is 1.68. The first kappa shape index (κ1) is 7.98. The summed E-state index contributed by atoms with van der Waals surface area (Å²) in [5.41, 5.74) is 0. The first-order valence-electron chi connectivity index (χ1n) is 3.64. The van der Waals surface area contributed by atoms with Crippen molar-refractivity contribution >= 4 is 0 Å². The van der Waals surface area contributed by atoms with Crippen LogP contribution in [-0.4, -0.2) is 35.6 Å². The predicted octanol–water partition coefficient (Wildman–Crippen LogP) is -0.235. The molecule has 1 rings (SSSR count). The molecule has 10 heavy (non-hydrogen) atoms. The quantitative estimate of drug-likeness (QED) is 0.537. The highest BCUT2D eigenvalue weighted by Gasteiger charge is 2.25. The van der Waals surface area contributed by atoms with Gasteiger partial charge in [-0.3, -0.25) is 0 Å². The molecule has 2 unspecified atom stereocenters. The van der Waals surface area contributed by atoms with E-state index in [0.29, 0.717) is 6.61 Å². The maximum Gasteiger partial charge on any atom is 0.0810 e. The highest BCUT2D eigenvalue weighted by Crippen LogP contribution is 2.19. The van der Waals surface area contributed by atoms with Crippen LogP contribution >= 0.6 is 0 Å². The van der Waals surface area contributed by atoms with Crippen LogP contribution in [0.3, 0.4) is 0 Å². The Morgan fingerprint density at radius 1 is 1.60 bits per heavy atom. The highest BCUT2D eigenvalue weighted by atomic mass is 16.5.